The molecule has 0 aliphatic heterocycles. The molecule has 150 valence electrons. The van der Waals surface area contributed by atoms with Gasteiger partial charge in [-0.3, -0.25) is 10.1 Å². The molecule has 9 heteroatoms. The van der Waals surface area contributed by atoms with E-state index in [-0.39, 0.29) is 11.6 Å². The molecule has 0 spiro atoms. The summed E-state index contributed by atoms with van der Waals surface area (Å²) in [7, 11) is 1.62. The number of rotatable bonds is 7. The Morgan fingerprint density at radius 3 is 2.69 bits per heavy atom. The van der Waals surface area contributed by atoms with Gasteiger partial charge in [-0.25, -0.2) is 9.78 Å². The van der Waals surface area contributed by atoms with Gasteiger partial charge in [-0.2, -0.15) is 0 Å². The second-order valence-electron chi connectivity index (χ2n) is 5.98. The smallest absolute Gasteiger partial charge is 0.325 e. The number of anilines is 2. The van der Waals surface area contributed by atoms with Crippen LogP contribution in [0.15, 0.2) is 53.9 Å². The highest BCUT2D eigenvalue weighted by Gasteiger charge is 2.12. The second-order valence-corrected chi connectivity index (χ2v) is 7.28. The first-order chi connectivity index (χ1) is 14.0. The Labute approximate surface area is 177 Å². The first-order valence-electron chi connectivity index (χ1n) is 8.74. The van der Waals surface area contributed by atoms with E-state index in [2.05, 4.69) is 20.9 Å². The number of halogens is 1. The maximum absolute atomic E-state index is 12.2. The van der Waals surface area contributed by atoms with Gasteiger partial charge in [0, 0.05) is 22.6 Å². The zero-order chi connectivity index (χ0) is 20.6. The Kier molecular flexibility index (Phi) is 7.04. The largest absolute Gasteiger partial charge is 0.497 e. The number of ether oxygens (including phenoxy) is 1. The predicted molar refractivity (Wildman–Crippen MR) is 115 cm³/mol. The summed E-state index contributed by atoms with van der Waals surface area (Å²) >= 11 is 6.99. The van der Waals surface area contributed by atoms with Gasteiger partial charge < -0.3 is 15.4 Å². The van der Waals surface area contributed by atoms with E-state index >= 15 is 0 Å². The van der Waals surface area contributed by atoms with Crippen molar-refractivity contribution < 1.29 is 14.3 Å². The van der Waals surface area contributed by atoms with Crippen molar-refractivity contribution in [3.05, 3.63) is 70.2 Å². The van der Waals surface area contributed by atoms with Crippen molar-refractivity contribution in [3.63, 3.8) is 0 Å². The van der Waals surface area contributed by atoms with Crippen molar-refractivity contribution >= 4 is 45.7 Å². The van der Waals surface area contributed by atoms with E-state index in [1.54, 1.807) is 36.8 Å². The number of urea groups is 1. The van der Waals surface area contributed by atoms with Gasteiger partial charge in [0.15, 0.2) is 5.13 Å². The average molecular weight is 431 g/mol. The maximum Gasteiger partial charge on any atom is 0.325 e. The Morgan fingerprint density at radius 2 is 1.93 bits per heavy atom. The standard InChI is InChI=1S/C20H19ClN4O3S/c1-28-16-4-2-3-13(11-16)9-10-22-18(26)17-12-29-20(24-17)25-19(27)23-15-7-5-14(21)6-8-15/h2-8,11-12H,9-10H2,1H3,(H,22,26)(H2,23,24,25,27). The molecular formula is C20H19ClN4O3S. The molecule has 3 rings (SSSR count). The molecule has 3 amide bonds. The first kappa shape index (κ1) is 20.6. The molecule has 0 radical (unpaired) electrons. The lowest BCUT2D eigenvalue weighted by molar-refractivity contribution is 0.0950. The molecule has 29 heavy (non-hydrogen) atoms. The predicted octanol–water partition coefficient (Wildman–Crippen LogP) is 4.42. The number of carbonyl (C=O) groups excluding carboxylic acids is 2. The van der Waals surface area contributed by atoms with Crippen molar-refractivity contribution in [2.24, 2.45) is 0 Å². The minimum Gasteiger partial charge on any atom is -0.497 e. The summed E-state index contributed by atoms with van der Waals surface area (Å²) in [6, 6.07) is 13.9. The van der Waals surface area contributed by atoms with Crippen molar-refractivity contribution in [3.8, 4) is 5.75 Å². The highest BCUT2D eigenvalue weighted by molar-refractivity contribution is 7.14. The average Bonchev–Trinajstić information content (AvgIpc) is 3.18. The minimum atomic E-state index is -0.452. The molecule has 3 aromatic rings. The van der Waals surface area contributed by atoms with E-state index < -0.39 is 6.03 Å². The van der Waals surface area contributed by atoms with Crippen LogP contribution in [0.2, 0.25) is 5.02 Å². The van der Waals surface area contributed by atoms with Crippen LogP contribution in [-0.4, -0.2) is 30.6 Å². The van der Waals surface area contributed by atoms with Crippen LogP contribution >= 0.6 is 22.9 Å². The fourth-order valence-corrected chi connectivity index (χ4v) is 3.28. The number of amides is 3. The number of methoxy groups -OCH3 is 1. The number of aromatic nitrogens is 1. The van der Waals surface area contributed by atoms with E-state index in [1.165, 1.54) is 11.3 Å². The Balaban J connectivity index is 1.47. The molecule has 0 atom stereocenters. The van der Waals surface area contributed by atoms with Crippen LogP contribution in [0.4, 0.5) is 15.6 Å². The Hall–Kier alpha value is -3.10. The fourth-order valence-electron chi connectivity index (χ4n) is 2.47. The Morgan fingerprint density at radius 1 is 1.14 bits per heavy atom. The molecule has 0 unspecified atom stereocenters. The molecule has 2 aromatic carbocycles. The third-order valence-electron chi connectivity index (χ3n) is 3.89. The summed E-state index contributed by atoms with van der Waals surface area (Å²) in [5.41, 5.74) is 1.91. The van der Waals surface area contributed by atoms with Gasteiger partial charge in [0.05, 0.1) is 7.11 Å². The van der Waals surface area contributed by atoms with Crippen molar-refractivity contribution in [2.75, 3.05) is 24.3 Å². The van der Waals surface area contributed by atoms with Crippen molar-refractivity contribution in [1.29, 1.82) is 0 Å². The van der Waals surface area contributed by atoms with Crippen LogP contribution in [-0.2, 0) is 6.42 Å². The summed E-state index contributed by atoms with van der Waals surface area (Å²) in [6.07, 6.45) is 0.668. The topological polar surface area (TPSA) is 92.4 Å². The molecule has 1 aromatic heterocycles. The lowest BCUT2D eigenvalue weighted by Gasteiger charge is -2.06. The lowest BCUT2D eigenvalue weighted by atomic mass is 10.1. The zero-order valence-corrected chi connectivity index (χ0v) is 17.1. The summed E-state index contributed by atoms with van der Waals surface area (Å²) in [4.78, 5) is 28.4. The minimum absolute atomic E-state index is 0.252. The van der Waals surface area contributed by atoms with Gasteiger partial charge in [-0.15, -0.1) is 11.3 Å². The highest BCUT2D eigenvalue weighted by Crippen LogP contribution is 2.17. The van der Waals surface area contributed by atoms with Gasteiger partial charge >= 0.3 is 6.03 Å². The molecule has 0 saturated carbocycles. The molecule has 0 aliphatic carbocycles. The van der Waals surface area contributed by atoms with Crippen LogP contribution in [0.3, 0.4) is 0 Å². The van der Waals surface area contributed by atoms with E-state index in [1.807, 2.05) is 24.3 Å². The van der Waals surface area contributed by atoms with Gasteiger partial charge in [0.25, 0.3) is 5.91 Å². The number of thiazole rings is 1. The molecule has 1 heterocycles. The number of nitrogens with one attached hydrogen (secondary N) is 3. The molecule has 3 N–H and O–H groups in total. The number of carbonyl (C=O) groups is 2. The number of hydrogen-bond donors (Lipinski definition) is 3. The summed E-state index contributed by atoms with van der Waals surface area (Å²) in [5.74, 6) is 0.483. The van der Waals surface area contributed by atoms with E-state index in [0.29, 0.717) is 28.8 Å². The van der Waals surface area contributed by atoms with Crippen molar-refractivity contribution in [2.45, 2.75) is 6.42 Å². The van der Waals surface area contributed by atoms with Gasteiger partial charge in [-0.1, -0.05) is 23.7 Å². The number of nitrogens with zero attached hydrogens (tertiary/aromatic N) is 1. The Bertz CT molecular complexity index is 991. The molecule has 0 fully saturated rings. The second kappa shape index (κ2) is 9.90. The quantitative estimate of drug-likeness (QED) is 0.517. The summed E-state index contributed by atoms with van der Waals surface area (Å²) in [6.45, 7) is 0.462. The van der Waals surface area contributed by atoms with E-state index in [4.69, 9.17) is 16.3 Å². The monoisotopic (exact) mass is 430 g/mol. The summed E-state index contributed by atoms with van der Waals surface area (Å²) < 4.78 is 5.19. The number of benzene rings is 2. The first-order valence-corrected chi connectivity index (χ1v) is 9.99. The van der Waals surface area contributed by atoms with Crippen molar-refractivity contribution in [1.82, 2.24) is 10.3 Å². The maximum atomic E-state index is 12.2. The lowest BCUT2D eigenvalue weighted by Crippen LogP contribution is -2.26. The van der Waals surface area contributed by atoms with Crippen LogP contribution in [0.25, 0.3) is 0 Å². The summed E-state index contributed by atoms with van der Waals surface area (Å²) in [5, 5.41) is 10.6. The van der Waals surface area contributed by atoms with Crippen LogP contribution in [0.1, 0.15) is 16.1 Å². The zero-order valence-electron chi connectivity index (χ0n) is 15.6. The van der Waals surface area contributed by atoms with E-state index in [0.717, 1.165) is 11.3 Å². The number of hydrogen-bond acceptors (Lipinski definition) is 5. The SMILES string of the molecule is COc1cccc(CCNC(=O)c2csc(NC(=O)Nc3ccc(Cl)cc3)n2)c1. The van der Waals surface area contributed by atoms with Gasteiger partial charge in [0.2, 0.25) is 0 Å². The van der Waals surface area contributed by atoms with Crippen LogP contribution in [0.5, 0.6) is 5.75 Å². The molecule has 0 aliphatic rings. The molecule has 7 nitrogen and oxygen atoms in total. The van der Waals surface area contributed by atoms with Gasteiger partial charge in [0.1, 0.15) is 11.4 Å². The third kappa shape index (κ3) is 6.20. The molecule has 0 saturated heterocycles. The van der Waals surface area contributed by atoms with Crippen LogP contribution < -0.4 is 20.7 Å². The fraction of sp³-hybridized carbons (Fsp3) is 0.150. The van der Waals surface area contributed by atoms with E-state index in [9.17, 15) is 9.59 Å². The highest BCUT2D eigenvalue weighted by atomic mass is 35.5. The molecule has 0 bridgehead atoms. The molecular weight excluding hydrogens is 412 g/mol. The third-order valence-corrected chi connectivity index (χ3v) is 4.90. The van der Waals surface area contributed by atoms with Crippen LogP contribution in [0, 0.1) is 0 Å². The normalized spacial score (nSPS) is 10.3. The van der Waals surface area contributed by atoms with Gasteiger partial charge in [-0.05, 0) is 48.4 Å².